The van der Waals surface area contributed by atoms with Gasteiger partial charge in [-0.25, -0.2) is 0 Å². The average Bonchev–Trinajstić information content (AvgIpc) is 2.81. The first-order valence-corrected chi connectivity index (χ1v) is 16.9. The van der Waals surface area contributed by atoms with E-state index in [1.807, 2.05) is 7.11 Å². The summed E-state index contributed by atoms with van der Waals surface area (Å²) in [6, 6.07) is 2.53. The highest BCUT2D eigenvalue weighted by atomic mass is 28.4. The molecule has 0 saturated carbocycles. The van der Waals surface area contributed by atoms with Crippen LogP contribution in [0.25, 0.3) is 0 Å². The Hall–Kier alpha value is 0.0569. The van der Waals surface area contributed by atoms with E-state index in [1.54, 1.807) is 0 Å². The van der Waals surface area contributed by atoms with Crippen molar-refractivity contribution in [2.45, 2.75) is 106 Å². The van der Waals surface area contributed by atoms with E-state index in [-0.39, 0.29) is 0 Å². The van der Waals surface area contributed by atoms with Crippen molar-refractivity contribution in [3.8, 4) is 0 Å². The molecule has 4 nitrogen and oxygen atoms in total. The standard InChI is InChI=1S/C27H61N3OSi/c1-10-20-28(13-4)23-17-27(26-32(9,16-7)31-8,18-24-29(14-5)21-11-2)19-25-30(15-6)22-12-3/h10-26H2,1-9H3. The fourth-order valence-electron chi connectivity index (χ4n) is 5.19. The third-order valence-corrected chi connectivity index (χ3v) is 11.8. The molecule has 0 aliphatic carbocycles. The highest BCUT2D eigenvalue weighted by Gasteiger charge is 2.40. The van der Waals surface area contributed by atoms with Crippen LogP contribution in [0.3, 0.4) is 0 Å². The van der Waals surface area contributed by atoms with E-state index < -0.39 is 8.32 Å². The molecular weight excluding hydrogens is 410 g/mol. The maximum absolute atomic E-state index is 6.28. The fourth-order valence-corrected chi connectivity index (χ4v) is 7.99. The molecule has 0 saturated heterocycles. The van der Waals surface area contributed by atoms with Crippen molar-refractivity contribution in [2.24, 2.45) is 5.41 Å². The lowest BCUT2D eigenvalue weighted by molar-refractivity contribution is 0.134. The van der Waals surface area contributed by atoms with Crippen LogP contribution in [0.15, 0.2) is 0 Å². The summed E-state index contributed by atoms with van der Waals surface area (Å²) < 4.78 is 6.28. The molecule has 194 valence electrons. The summed E-state index contributed by atoms with van der Waals surface area (Å²) in [7, 11) is 0.296. The SMILES string of the molecule is CCCN(CC)CCC(CCN(CC)CCC)(CCN(CC)CCC)C[Si](C)(CC)OC. The van der Waals surface area contributed by atoms with Crippen molar-refractivity contribution in [1.82, 2.24) is 14.7 Å². The zero-order valence-electron chi connectivity index (χ0n) is 23.8. The Kier molecular flexibility index (Phi) is 18.4. The minimum atomic E-state index is -1.69. The Morgan fingerprint density at radius 2 is 0.938 bits per heavy atom. The third kappa shape index (κ3) is 12.5. The first kappa shape index (κ1) is 32.1. The van der Waals surface area contributed by atoms with Crippen LogP contribution in [0.5, 0.6) is 0 Å². The molecule has 0 aliphatic heterocycles. The van der Waals surface area contributed by atoms with Crippen LogP contribution >= 0.6 is 0 Å². The molecule has 0 aromatic rings. The number of nitrogens with zero attached hydrogens (tertiary/aromatic N) is 3. The normalized spacial score (nSPS) is 14.6. The van der Waals surface area contributed by atoms with Gasteiger partial charge in [0.2, 0.25) is 0 Å². The molecule has 0 heterocycles. The topological polar surface area (TPSA) is 19.0 Å². The highest BCUT2D eigenvalue weighted by Crippen LogP contribution is 2.42. The molecule has 0 rings (SSSR count). The van der Waals surface area contributed by atoms with Crippen molar-refractivity contribution in [3.63, 3.8) is 0 Å². The Balaban J connectivity index is 5.83. The van der Waals surface area contributed by atoms with E-state index in [0.29, 0.717) is 5.41 Å². The number of hydrogen-bond acceptors (Lipinski definition) is 4. The van der Waals surface area contributed by atoms with Gasteiger partial charge in [-0.2, -0.15) is 0 Å². The molecule has 0 aliphatic rings. The second kappa shape index (κ2) is 18.4. The predicted octanol–water partition coefficient (Wildman–Crippen LogP) is 6.58. The molecule has 0 N–H and O–H groups in total. The molecule has 32 heavy (non-hydrogen) atoms. The zero-order valence-corrected chi connectivity index (χ0v) is 24.8. The minimum Gasteiger partial charge on any atom is -0.420 e. The van der Waals surface area contributed by atoms with E-state index in [2.05, 4.69) is 69.7 Å². The van der Waals surface area contributed by atoms with E-state index in [9.17, 15) is 0 Å². The van der Waals surface area contributed by atoms with Crippen LogP contribution in [0.2, 0.25) is 18.6 Å². The number of rotatable bonds is 22. The molecule has 0 spiro atoms. The molecule has 0 aromatic heterocycles. The van der Waals surface area contributed by atoms with E-state index in [0.717, 1.165) is 0 Å². The van der Waals surface area contributed by atoms with Crippen LogP contribution in [0.1, 0.15) is 87.0 Å². The van der Waals surface area contributed by atoms with Gasteiger partial charge in [-0.15, -0.1) is 0 Å². The lowest BCUT2D eigenvalue weighted by Gasteiger charge is -2.43. The summed E-state index contributed by atoms with van der Waals surface area (Å²) in [5.74, 6) is 0. The first-order valence-electron chi connectivity index (χ1n) is 14.0. The Morgan fingerprint density at radius 3 is 1.16 bits per heavy atom. The molecule has 0 fully saturated rings. The van der Waals surface area contributed by atoms with Gasteiger partial charge in [0.05, 0.1) is 0 Å². The van der Waals surface area contributed by atoms with Crippen molar-refractivity contribution < 1.29 is 4.43 Å². The monoisotopic (exact) mass is 471 g/mol. The maximum Gasteiger partial charge on any atom is 0.189 e. The van der Waals surface area contributed by atoms with Gasteiger partial charge in [-0.3, -0.25) is 0 Å². The van der Waals surface area contributed by atoms with Gasteiger partial charge in [0.15, 0.2) is 8.32 Å². The molecule has 0 amide bonds. The summed E-state index contributed by atoms with van der Waals surface area (Å²) in [6.07, 6.45) is 7.71. The van der Waals surface area contributed by atoms with E-state index in [1.165, 1.54) is 110 Å². The smallest absolute Gasteiger partial charge is 0.189 e. The summed E-state index contributed by atoms with van der Waals surface area (Å²) in [5, 5.41) is 0. The quantitative estimate of drug-likeness (QED) is 0.166. The molecular formula is C27H61N3OSi. The third-order valence-electron chi connectivity index (χ3n) is 7.83. The Morgan fingerprint density at radius 1 is 0.594 bits per heavy atom. The van der Waals surface area contributed by atoms with Crippen molar-refractivity contribution in [2.75, 3.05) is 66.0 Å². The second-order valence-electron chi connectivity index (χ2n) is 10.2. The van der Waals surface area contributed by atoms with Crippen LogP contribution in [0, 0.1) is 5.41 Å². The van der Waals surface area contributed by atoms with Gasteiger partial charge in [0, 0.05) is 7.11 Å². The van der Waals surface area contributed by atoms with Crippen LogP contribution in [-0.2, 0) is 4.43 Å². The van der Waals surface area contributed by atoms with Crippen molar-refractivity contribution in [3.05, 3.63) is 0 Å². The summed E-state index contributed by atoms with van der Waals surface area (Å²) in [4.78, 5) is 8.04. The van der Waals surface area contributed by atoms with Gasteiger partial charge in [-0.05, 0) is 121 Å². The fraction of sp³-hybridized carbons (Fsp3) is 1.00. The summed E-state index contributed by atoms with van der Waals surface area (Å²) in [6.45, 7) is 29.7. The van der Waals surface area contributed by atoms with Crippen LogP contribution in [0.4, 0.5) is 0 Å². The lowest BCUT2D eigenvalue weighted by Crippen LogP contribution is -2.44. The summed E-state index contributed by atoms with van der Waals surface area (Å²) in [5.41, 5.74) is 0.385. The molecule has 0 aromatic carbocycles. The van der Waals surface area contributed by atoms with E-state index in [4.69, 9.17) is 4.43 Å². The first-order chi connectivity index (χ1) is 15.3. The lowest BCUT2D eigenvalue weighted by atomic mass is 9.79. The van der Waals surface area contributed by atoms with Gasteiger partial charge in [0.25, 0.3) is 0 Å². The molecule has 0 bridgehead atoms. The van der Waals surface area contributed by atoms with E-state index >= 15 is 0 Å². The Bertz CT molecular complexity index is 386. The highest BCUT2D eigenvalue weighted by molar-refractivity contribution is 6.72. The average molecular weight is 472 g/mol. The van der Waals surface area contributed by atoms with Crippen LogP contribution in [-0.4, -0.2) is 89.0 Å². The summed E-state index contributed by atoms with van der Waals surface area (Å²) >= 11 is 0. The second-order valence-corrected chi connectivity index (χ2v) is 14.6. The van der Waals surface area contributed by atoms with Gasteiger partial charge >= 0.3 is 0 Å². The van der Waals surface area contributed by atoms with Crippen LogP contribution < -0.4 is 0 Å². The van der Waals surface area contributed by atoms with Gasteiger partial charge in [0.1, 0.15) is 0 Å². The molecule has 1 unspecified atom stereocenters. The minimum absolute atomic E-state index is 0.385. The maximum atomic E-state index is 6.28. The van der Waals surface area contributed by atoms with Gasteiger partial charge in [-0.1, -0.05) is 48.5 Å². The number of hydrogen-bond donors (Lipinski definition) is 0. The molecule has 1 atom stereocenters. The Labute approximate surface area is 204 Å². The molecule has 5 heteroatoms. The van der Waals surface area contributed by atoms with Gasteiger partial charge < -0.3 is 19.1 Å². The largest absolute Gasteiger partial charge is 0.420 e. The zero-order chi connectivity index (χ0) is 24.5. The predicted molar refractivity (Wildman–Crippen MR) is 147 cm³/mol. The molecule has 0 radical (unpaired) electrons. The van der Waals surface area contributed by atoms with Crippen molar-refractivity contribution >= 4 is 8.32 Å². The van der Waals surface area contributed by atoms with Crippen molar-refractivity contribution in [1.29, 1.82) is 0 Å².